The lowest BCUT2D eigenvalue weighted by Crippen LogP contribution is -2.27. The van der Waals surface area contributed by atoms with Crippen LogP contribution in [0.3, 0.4) is 0 Å². The molecule has 1 heterocycles. The molecule has 0 atom stereocenters. The van der Waals surface area contributed by atoms with Crippen molar-refractivity contribution in [1.29, 1.82) is 0 Å². The minimum absolute atomic E-state index is 0.227. The van der Waals surface area contributed by atoms with Gasteiger partial charge < -0.3 is 25.4 Å². The molecule has 5 rings (SSSR count). The van der Waals surface area contributed by atoms with Crippen LogP contribution in [0.15, 0.2) is 60.8 Å². The van der Waals surface area contributed by atoms with Crippen molar-refractivity contribution in [2.45, 2.75) is 39.0 Å². The van der Waals surface area contributed by atoms with E-state index in [1.807, 2.05) is 45.0 Å². The topological polar surface area (TPSA) is 135 Å². The first kappa shape index (κ1) is 30.9. The van der Waals surface area contributed by atoms with E-state index in [0.29, 0.717) is 40.6 Å². The molecule has 12 heteroatoms. The molecule has 3 aromatic carbocycles. The third-order valence-electron chi connectivity index (χ3n) is 7.45. The molecule has 0 saturated heterocycles. The quantitative estimate of drug-likeness (QED) is 0.181. The molecule has 1 aliphatic carbocycles. The van der Waals surface area contributed by atoms with Crippen LogP contribution < -0.4 is 29.7 Å². The maximum atomic E-state index is 13.4. The highest BCUT2D eigenvalue weighted by Crippen LogP contribution is 2.41. The Labute approximate surface area is 258 Å². The smallest absolute Gasteiger partial charge is 0.323 e. The molecule has 1 aromatic heterocycles. The molecule has 11 nitrogen and oxygen atoms in total. The fraction of sp³-hybridized carbons (Fsp3) is 0.344. The number of urea groups is 1. The summed E-state index contributed by atoms with van der Waals surface area (Å²) < 4.78 is 37.8. The third kappa shape index (κ3) is 7.13. The zero-order valence-electron chi connectivity index (χ0n) is 25.8. The standard InChI is InChI=1S/C32H38N6O5S/c1-32(2,3)21-17-25(29(42-5)26(18-21)38(4)44(6,40)41)36-31(39)35-24-13-14-27(23-10-8-7-9-22(23)24)43-28-15-16-33-30(37-28)34-19-20-11-12-20/h7-10,13-18,20H,11-12,19H2,1-6H3,(H,33,34,37)(H2,35,36,39). The van der Waals surface area contributed by atoms with Gasteiger partial charge in [-0.2, -0.15) is 4.98 Å². The van der Waals surface area contributed by atoms with E-state index >= 15 is 0 Å². The number of fused-ring (bicyclic) bond motifs is 1. The number of sulfonamides is 1. The van der Waals surface area contributed by atoms with Crippen LogP contribution in [0.5, 0.6) is 17.4 Å². The second-order valence-corrected chi connectivity index (χ2v) is 14.0. The van der Waals surface area contributed by atoms with E-state index in [2.05, 4.69) is 25.9 Å². The average molecular weight is 619 g/mol. The highest BCUT2D eigenvalue weighted by atomic mass is 32.2. The summed E-state index contributed by atoms with van der Waals surface area (Å²) in [4.78, 5) is 22.2. The predicted octanol–water partition coefficient (Wildman–Crippen LogP) is 6.59. The number of methoxy groups -OCH3 is 1. The number of hydrogen-bond donors (Lipinski definition) is 3. The highest BCUT2D eigenvalue weighted by Gasteiger charge is 2.26. The van der Waals surface area contributed by atoms with Gasteiger partial charge in [-0.3, -0.25) is 4.31 Å². The Morgan fingerprint density at radius 1 is 1.02 bits per heavy atom. The molecule has 1 fully saturated rings. The number of nitrogens with one attached hydrogen (secondary N) is 3. The molecule has 1 aliphatic rings. The summed E-state index contributed by atoms with van der Waals surface area (Å²) in [5, 5.41) is 10.6. The Balaban J connectivity index is 1.41. The molecule has 0 aliphatic heterocycles. The van der Waals surface area contributed by atoms with Crippen molar-refractivity contribution in [3.63, 3.8) is 0 Å². The fourth-order valence-corrected chi connectivity index (χ4v) is 5.16. The second-order valence-electron chi connectivity index (χ2n) is 11.9. The number of anilines is 4. The summed E-state index contributed by atoms with van der Waals surface area (Å²) in [5.74, 6) is 2.41. The van der Waals surface area contributed by atoms with E-state index in [-0.39, 0.29) is 11.2 Å². The Morgan fingerprint density at radius 3 is 2.39 bits per heavy atom. The fourth-order valence-electron chi connectivity index (χ4n) is 4.67. The van der Waals surface area contributed by atoms with Crippen molar-refractivity contribution in [3.05, 3.63) is 66.4 Å². The van der Waals surface area contributed by atoms with Crippen LogP contribution in [-0.4, -0.2) is 51.4 Å². The van der Waals surface area contributed by atoms with Crippen LogP contribution in [-0.2, 0) is 15.4 Å². The van der Waals surface area contributed by atoms with Gasteiger partial charge in [0.25, 0.3) is 0 Å². The summed E-state index contributed by atoms with van der Waals surface area (Å²) >= 11 is 0. The molecule has 1 saturated carbocycles. The Kier molecular flexibility index (Phi) is 8.55. The number of rotatable bonds is 10. The third-order valence-corrected chi connectivity index (χ3v) is 8.64. The van der Waals surface area contributed by atoms with Gasteiger partial charge >= 0.3 is 6.03 Å². The molecule has 2 amide bonds. The molecule has 0 radical (unpaired) electrons. The number of benzene rings is 3. The van der Waals surface area contributed by atoms with E-state index in [1.54, 1.807) is 36.5 Å². The summed E-state index contributed by atoms with van der Waals surface area (Å²) in [7, 11) is -0.714. The van der Waals surface area contributed by atoms with Crippen molar-refractivity contribution < 1.29 is 22.7 Å². The van der Waals surface area contributed by atoms with Crippen molar-refractivity contribution in [1.82, 2.24) is 9.97 Å². The minimum Gasteiger partial charge on any atom is -0.492 e. The largest absolute Gasteiger partial charge is 0.492 e. The van der Waals surface area contributed by atoms with E-state index < -0.39 is 16.1 Å². The van der Waals surface area contributed by atoms with Gasteiger partial charge in [0.1, 0.15) is 5.75 Å². The zero-order valence-corrected chi connectivity index (χ0v) is 26.6. The molecular weight excluding hydrogens is 580 g/mol. The molecule has 0 spiro atoms. The first-order valence-corrected chi connectivity index (χ1v) is 16.2. The van der Waals surface area contributed by atoms with Gasteiger partial charge in [-0.1, -0.05) is 45.0 Å². The SMILES string of the molecule is COc1c(NC(=O)Nc2ccc(Oc3ccnc(NCC4CC4)n3)c3ccccc23)cc(C(C)(C)C)cc1N(C)S(C)(=O)=O. The lowest BCUT2D eigenvalue weighted by Gasteiger charge is -2.27. The van der Waals surface area contributed by atoms with Crippen LogP contribution in [0, 0.1) is 5.92 Å². The van der Waals surface area contributed by atoms with Crippen molar-refractivity contribution in [3.8, 4) is 17.4 Å². The lowest BCUT2D eigenvalue weighted by atomic mass is 9.86. The van der Waals surface area contributed by atoms with Crippen LogP contribution in [0.1, 0.15) is 39.2 Å². The summed E-state index contributed by atoms with van der Waals surface area (Å²) in [6.07, 6.45) is 5.23. The Hall–Kier alpha value is -4.58. The first-order chi connectivity index (χ1) is 20.8. The van der Waals surface area contributed by atoms with Gasteiger partial charge in [0.2, 0.25) is 21.9 Å². The molecule has 232 valence electrons. The normalized spacial score (nSPS) is 13.3. The van der Waals surface area contributed by atoms with Gasteiger partial charge in [-0.25, -0.2) is 18.2 Å². The number of ether oxygens (including phenoxy) is 2. The average Bonchev–Trinajstić information content (AvgIpc) is 3.80. The van der Waals surface area contributed by atoms with Crippen molar-refractivity contribution >= 4 is 49.8 Å². The van der Waals surface area contributed by atoms with Crippen LogP contribution in [0.4, 0.5) is 27.8 Å². The molecule has 0 unspecified atom stereocenters. The van der Waals surface area contributed by atoms with Gasteiger partial charge in [0, 0.05) is 36.6 Å². The van der Waals surface area contributed by atoms with E-state index in [4.69, 9.17) is 9.47 Å². The number of carbonyl (C=O) groups excluding carboxylic acids is 1. The number of carbonyl (C=O) groups is 1. The molecule has 3 N–H and O–H groups in total. The zero-order chi connectivity index (χ0) is 31.6. The number of amides is 2. The van der Waals surface area contributed by atoms with Gasteiger partial charge in [0.15, 0.2) is 5.75 Å². The summed E-state index contributed by atoms with van der Waals surface area (Å²) in [5.41, 5.74) is 1.69. The van der Waals surface area contributed by atoms with Gasteiger partial charge in [0.05, 0.1) is 30.4 Å². The monoisotopic (exact) mass is 618 g/mol. The van der Waals surface area contributed by atoms with Gasteiger partial charge in [-0.15, -0.1) is 0 Å². The Bertz CT molecular complexity index is 1800. The number of hydrogen-bond acceptors (Lipinski definition) is 8. The van der Waals surface area contributed by atoms with E-state index in [0.717, 1.165) is 33.4 Å². The second kappa shape index (κ2) is 12.2. The number of aromatic nitrogens is 2. The van der Waals surface area contributed by atoms with Crippen LogP contribution in [0.2, 0.25) is 0 Å². The minimum atomic E-state index is -3.60. The molecule has 0 bridgehead atoms. The maximum Gasteiger partial charge on any atom is 0.323 e. The van der Waals surface area contributed by atoms with Crippen molar-refractivity contribution in [2.75, 3.05) is 47.2 Å². The molecule has 4 aromatic rings. The lowest BCUT2D eigenvalue weighted by molar-refractivity contribution is 0.262. The predicted molar refractivity (Wildman–Crippen MR) is 175 cm³/mol. The molecule has 44 heavy (non-hydrogen) atoms. The van der Waals surface area contributed by atoms with E-state index in [9.17, 15) is 13.2 Å². The summed E-state index contributed by atoms with van der Waals surface area (Å²) in [6, 6.07) is 15.8. The molecular formula is C32H38N6O5S. The Morgan fingerprint density at radius 2 is 1.73 bits per heavy atom. The van der Waals surface area contributed by atoms with Crippen LogP contribution in [0.25, 0.3) is 10.8 Å². The summed E-state index contributed by atoms with van der Waals surface area (Å²) in [6.45, 7) is 6.86. The maximum absolute atomic E-state index is 13.4. The van der Waals surface area contributed by atoms with Crippen LogP contribution >= 0.6 is 0 Å². The first-order valence-electron chi connectivity index (χ1n) is 14.3. The van der Waals surface area contributed by atoms with Crippen molar-refractivity contribution in [2.24, 2.45) is 5.92 Å². The van der Waals surface area contributed by atoms with E-state index in [1.165, 1.54) is 27.0 Å². The highest BCUT2D eigenvalue weighted by molar-refractivity contribution is 7.92. The van der Waals surface area contributed by atoms with Gasteiger partial charge in [-0.05, 0) is 54.0 Å². The number of nitrogens with zero attached hydrogens (tertiary/aromatic N) is 3.